The van der Waals surface area contributed by atoms with Gasteiger partial charge in [0.25, 0.3) is 0 Å². The van der Waals surface area contributed by atoms with E-state index in [2.05, 4.69) is 63.4 Å². The molecule has 0 amide bonds. The maximum atomic E-state index is 4.65. The van der Waals surface area contributed by atoms with E-state index in [9.17, 15) is 0 Å². The summed E-state index contributed by atoms with van der Waals surface area (Å²) >= 11 is 0. The Bertz CT molecular complexity index is 626. The molecule has 1 N–H and O–H groups in total. The molecule has 1 aromatic heterocycles. The Hall–Kier alpha value is -2.14. The maximum Gasteiger partial charge on any atom is 0.224 e. The van der Waals surface area contributed by atoms with E-state index in [1.54, 1.807) is 0 Å². The molecule has 2 heterocycles. The lowest BCUT2D eigenvalue weighted by atomic mass is 10.00. The smallest absolute Gasteiger partial charge is 0.224 e. The predicted octanol–water partition coefficient (Wildman–Crippen LogP) is 2.01. The van der Waals surface area contributed by atoms with Crippen molar-refractivity contribution >= 4 is 11.8 Å². The van der Waals surface area contributed by atoms with Crippen molar-refractivity contribution in [2.24, 2.45) is 0 Å². The number of benzene rings is 1. The molecule has 5 nitrogen and oxygen atoms in total. The Balaban J connectivity index is 1.68. The van der Waals surface area contributed by atoms with Crippen molar-refractivity contribution in [2.75, 3.05) is 43.9 Å². The van der Waals surface area contributed by atoms with E-state index >= 15 is 0 Å². The number of hydrogen-bond acceptors (Lipinski definition) is 5. The summed E-state index contributed by atoms with van der Waals surface area (Å²) in [4.78, 5) is 13.4. The average molecular weight is 297 g/mol. The third-order valence-electron chi connectivity index (χ3n) is 3.94. The van der Waals surface area contributed by atoms with E-state index in [4.69, 9.17) is 0 Å². The van der Waals surface area contributed by atoms with Crippen LogP contribution in [0.1, 0.15) is 11.1 Å². The van der Waals surface area contributed by atoms with Gasteiger partial charge in [0.05, 0.1) is 0 Å². The van der Waals surface area contributed by atoms with Crippen LogP contribution in [-0.4, -0.2) is 48.6 Å². The molecule has 116 valence electrons. The predicted molar refractivity (Wildman–Crippen MR) is 90.3 cm³/mol. The monoisotopic (exact) mass is 297 g/mol. The number of nitrogens with one attached hydrogen (secondary N) is 1. The molecule has 0 spiro atoms. The molecule has 3 rings (SSSR count). The highest BCUT2D eigenvalue weighted by atomic mass is 15.2. The fourth-order valence-corrected chi connectivity index (χ4v) is 2.69. The van der Waals surface area contributed by atoms with Gasteiger partial charge in [0.15, 0.2) is 0 Å². The van der Waals surface area contributed by atoms with Gasteiger partial charge in [0.2, 0.25) is 5.95 Å². The van der Waals surface area contributed by atoms with Gasteiger partial charge in [-0.3, -0.25) is 0 Å². The molecule has 1 aromatic carbocycles. The molecule has 0 atom stereocenters. The molecule has 5 heteroatoms. The summed E-state index contributed by atoms with van der Waals surface area (Å²) in [6.45, 7) is 3.74. The zero-order chi connectivity index (χ0) is 15.4. The number of anilines is 2. The van der Waals surface area contributed by atoms with Crippen LogP contribution in [0.5, 0.6) is 0 Å². The number of likely N-dealkylation sites (N-methyl/N-ethyl adjacent to an activating group) is 1. The first kappa shape index (κ1) is 14.8. The second-order valence-electron chi connectivity index (χ2n) is 5.91. The van der Waals surface area contributed by atoms with Crippen LogP contribution in [0.25, 0.3) is 0 Å². The van der Waals surface area contributed by atoms with E-state index in [0.717, 1.165) is 38.4 Å². The highest BCUT2D eigenvalue weighted by Gasteiger charge is 2.17. The maximum absolute atomic E-state index is 4.65. The summed E-state index contributed by atoms with van der Waals surface area (Å²) in [5, 5.41) is 3.28. The van der Waals surface area contributed by atoms with Crippen LogP contribution in [0, 0.1) is 0 Å². The zero-order valence-electron chi connectivity index (χ0n) is 13.3. The Labute approximate surface area is 132 Å². The van der Waals surface area contributed by atoms with Gasteiger partial charge in [-0.2, -0.15) is 4.98 Å². The van der Waals surface area contributed by atoms with E-state index in [-0.39, 0.29) is 0 Å². The van der Waals surface area contributed by atoms with E-state index in [1.165, 1.54) is 11.1 Å². The molecule has 2 aromatic rings. The molecule has 0 radical (unpaired) electrons. The van der Waals surface area contributed by atoms with Crippen LogP contribution >= 0.6 is 0 Å². The molecular formula is C17H23N5. The van der Waals surface area contributed by atoms with Gasteiger partial charge in [-0.05, 0) is 37.7 Å². The fraction of sp³-hybridized carbons (Fsp3) is 0.412. The minimum atomic E-state index is 0.707. The van der Waals surface area contributed by atoms with Gasteiger partial charge >= 0.3 is 0 Å². The summed E-state index contributed by atoms with van der Waals surface area (Å²) < 4.78 is 0. The lowest BCUT2D eigenvalue weighted by Crippen LogP contribution is -2.31. The van der Waals surface area contributed by atoms with E-state index < -0.39 is 0 Å². The number of rotatable bonds is 5. The van der Waals surface area contributed by atoms with Crippen LogP contribution in [0.4, 0.5) is 11.8 Å². The normalized spacial score (nSPS) is 14.0. The Morgan fingerprint density at radius 2 is 2.00 bits per heavy atom. The topological polar surface area (TPSA) is 44.3 Å². The number of fused-ring (bicyclic) bond motifs is 1. The van der Waals surface area contributed by atoms with Crippen molar-refractivity contribution in [1.29, 1.82) is 0 Å². The largest absolute Gasteiger partial charge is 0.353 e. The minimum Gasteiger partial charge on any atom is -0.353 e. The average Bonchev–Trinajstić information content (AvgIpc) is 2.54. The van der Waals surface area contributed by atoms with Crippen LogP contribution in [-0.2, 0) is 13.0 Å². The zero-order valence-corrected chi connectivity index (χ0v) is 13.3. The van der Waals surface area contributed by atoms with Crippen molar-refractivity contribution in [1.82, 2.24) is 14.9 Å². The van der Waals surface area contributed by atoms with Gasteiger partial charge < -0.3 is 15.1 Å². The second-order valence-corrected chi connectivity index (χ2v) is 5.91. The standard InChI is InChI=1S/C17H23N5/c1-21(2)12-10-19-17-18-9-7-16(20-17)22-11-8-14-5-3-4-6-15(14)13-22/h3-7,9H,8,10-13H2,1-2H3,(H,18,19,20). The molecule has 1 aliphatic rings. The van der Waals surface area contributed by atoms with Gasteiger partial charge in [0.1, 0.15) is 5.82 Å². The van der Waals surface area contributed by atoms with Crippen LogP contribution < -0.4 is 10.2 Å². The van der Waals surface area contributed by atoms with Crippen LogP contribution in [0.2, 0.25) is 0 Å². The number of hydrogen-bond donors (Lipinski definition) is 1. The van der Waals surface area contributed by atoms with E-state index in [1.807, 2.05) is 12.3 Å². The third-order valence-corrected chi connectivity index (χ3v) is 3.94. The summed E-state index contributed by atoms with van der Waals surface area (Å²) in [6.07, 6.45) is 2.91. The summed E-state index contributed by atoms with van der Waals surface area (Å²) in [5.74, 6) is 1.70. The Morgan fingerprint density at radius 3 is 2.82 bits per heavy atom. The molecule has 0 bridgehead atoms. The van der Waals surface area contributed by atoms with Crippen molar-refractivity contribution in [2.45, 2.75) is 13.0 Å². The molecule has 0 fully saturated rings. The van der Waals surface area contributed by atoms with Gasteiger partial charge in [-0.1, -0.05) is 24.3 Å². The third kappa shape index (κ3) is 3.54. The lowest BCUT2D eigenvalue weighted by molar-refractivity contribution is 0.425. The van der Waals surface area contributed by atoms with Crippen molar-refractivity contribution in [3.05, 3.63) is 47.7 Å². The quantitative estimate of drug-likeness (QED) is 0.914. The lowest BCUT2D eigenvalue weighted by Gasteiger charge is -2.29. The van der Waals surface area contributed by atoms with Crippen molar-refractivity contribution < 1.29 is 0 Å². The molecule has 0 unspecified atom stereocenters. The Kier molecular flexibility index (Phi) is 4.53. The molecule has 0 saturated heterocycles. The van der Waals surface area contributed by atoms with Gasteiger partial charge in [0, 0.05) is 32.4 Å². The summed E-state index contributed by atoms with van der Waals surface area (Å²) in [6, 6.07) is 10.6. The minimum absolute atomic E-state index is 0.707. The highest BCUT2D eigenvalue weighted by molar-refractivity contribution is 5.46. The molecule has 0 saturated carbocycles. The van der Waals surface area contributed by atoms with Crippen molar-refractivity contribution in [3.63, 3.8) is 0 Å². The van der Waals surface area contributed by atoms with Gasteiger partial charge in [-0.15, -0.1) is 0 Å². The highest BCUT2D eigenvalue weighted by Crippen LogP contribution is 2.23. The molecule has 22 heavy (non-hydrogen) atoms. The second kappa shape index (κ2) is 6.75. The number of aromatic nitrogens is 2. The first-order chi connectivity index (χ1) is 10.7. The van der Waals surface area contributed by atoms with Crippen molar-refractivity contribution in [3.8, 4) is 0 Å². The van der Waals surface area contributed by atoms with E-state index in [0.29, 0.717) is 5.95 Å². The molecular weight excluding hydrogens is 274 g/mol. The van der Waals surface area contributed by atoms with Crippen LogP contribution in [0.3, 0.4) is 0 Å². The van der Waals surface area contributed by atoms with Gasteiger partial charge in [-0.25, -0.2) is 4.98 Å². The molecule has 1 aliphatic heterocycles. The fourth-order valence-electron chi connectivity index (χ4n) is 2.69. The summed E-state index contributed by atoms with van der Waals surface area (Å²) in [7, 11) is 4.12. The SMILES string of the molecule is CN(C)CCNc1nccc(N2CCc3ccccc3C2)n1. The first-order valence-electron chi connectivity index (χ1n) is 7.76. The molecule has 0 aliphatic carbocycles. The summed E-state index contributed by atoms with van der Waals surface area (Å²) in [5.41, 5.74) is 2.85. The van der Waals surface area contributed by atoms with Crippen LogP contribution in [0.15, 0.2) is 36.5 Å². The number of nitrogens with zero attached hydrogens (tertiary/aromatic N) is 4. The Morgan fingerprint density at radius 1 is 1.18 bits per heavy atom. The first-order valence-corrected chi connectivity index (χ1v) is 7.76.